The van der Waals surface area contributed by atoms with Crippen LogP contribution in [0.1, 0.15) is 47.7 Å². The minimum Gasteiger partial charge on any atom is -0.356 e. The van der Waals surface area contributed by atoms with Gasteiger partial charge in [0.25, 0.3) is 5.91 Å². The topological polar surface area (TPSA) is 49.4 Å². The van der Waals surface area contributed by atoms with Crippen molar-refractivity contribution in [3.05, 3.63) is 70.2 Å². The minimum absolute atomic E-state index is 0.125. The molecule has 4 nitrogen and oxygen atoms in total. The number of nitrogens with zero attached hydrogens (tertiary/aromatic N) is 1. The molecule has 8 heteroatoms. The van der Waals surface area contributed by atoms with Crippen molar-refractivity contribution in [2.45, 2.75) is 32.4 Å². The molecule has 2 unspecified atom stereocenters. The summed E-state index contributed by atoms with van der Waals surface area (Å²) in [5.41, 5.74) is -0.0000273. The van der Waals surface area contributed by atoms with E-state index in [0.29, 0.717) is 28.6 Å². The van der Waals surface area contributed by atoms with E-state index in [0.717, 1.165) is 18.6 Å². The van der Waals surface area contributed by atoms with Crippen molar-refractivity contribution in [2.75, 3.05) is 19.6 Å². The van der Waals surface area contributed by atoms with Gasteiger partial charge in [-0.25, -0.2) is 0 Å². The van der Waals surface area contributed by atoms with Crippen LogP contribution < -0.4 is 5.32 Å². The average molecular weight is 467 g/mol. The Morgan fingerprint density at radius 3 is 2.50 bits per heavy atom. The Balaban J connectivity index is 1.87. The predicted molar refractivity (Wildman–Crippen MR) is 117 cm³/mol. The van der Waals surface area contributed by atoms with Crippen LogP contribution in [0.5, 0.6) is 0 Å². The number of hydrogen-bond donors (Lipinski definition) is 1. The van der Waals surface area contributed by atoms with Crippen LogP contribution in [-0.4, -0.2) is 36.3 Å². The summed E-state index contributed by atoms with van der Waals surface area (Å²) in [5, 5.41) is 3.30. The van der Waals surface area contributed by atoms with Crippen LogP contribution in [-0.2, 0) is 11.0 Å². The molecule has 0 radical (unpaired) electrons. The molecular formula is C24H26ClF3N2O2. The lowest BCUT2D eigenvalue weighted by molar-refractivity contribution is -0.137. The highest BCUT2D eigenvalue weighted by molar-refractivity contribution is 6.30. The van der Waals surface area contributed by atoms with Gasteiger partial charge in [0.2, 0.25) is 5.91 Å². The molecule has 1 aliphatic rings. The number of likely N-dealkylation sites (tertiary alicyclic amines) is 1. The van der Waals surface area contributed by atoms with E-state index >= 15 is 0 Å². The largest absolute Gasteiger partial charge is 0.416 e. The third-order valence-corrected chi connectivity index (χ3v) is 5.91. The Bertz CT molecular complexity index is 978. The molecule has 3 rings (SSSR count). The molecule has 2 amide bonds. The fourth-order valence-electron chi connectivity index (χ4n) is 3.94. The van der Waals surface area contributed by atoms with Crippen molar-refractivity contribution in [3.8, 4) is 0 Å². The zero-order valence-electron chi connectivity index (χ0n) is 18.0. The van der Waals surface area contributed by atoms with Crippen molar-refractivity contribution in [2.24, 2.45) is 11.8 Å². The molecule has 1 heterocycles. The summed E-state index contributed by atoms with van der Waals surface area (Å²) < 4.78 is 39.8. The number of amides is 2. The monoisotopic (exact) mass is 466 g/mol. The highest BCUT2D eigenvalue weighted by atomic mass is 35.5. The number of carbonyl (C=O) groups excluding carboxylic acids is 2. The molecule has 1 saturated heterocycles. The Morgan fingerprint density at radius 1 is 1.12 bits per heavy atom. The summed E-state index contributed by atoms with van der Waals surface area (Å²) in [4.78, 5) is 27.5. The molecule has 1 N–H and O–H groups in total. The van der Waals surface area contributed by atoms with Crippen LogP contribution in [0, 0.1) is 11.8 Å². The fraction of sp³-hybridized carbons (Fsp3) is 0.417. The van der Waals surface area contributed by atoms with Crippen molar-refractivity contribution >= 4 is 23.4 Å². The van der Waals surface area contributed by atoms with E-state index < -0.39 is 23.6 Å². The van der Waals surface area contributed by atoms with E-state index in [4.69, 9.17) is 11.6 Å². The molecule has 0 aliphatic carbocycles. The maximum absolute atomic E-state index is 13.3. The minimum atomic E-state index is -4.49. The summed E-state index contributed by atoms with van der Waals surface area (Å²) in [6.45, 7) is 4.83. The number of halogens is 4. The lowest BCUT2D eigenvalue weighted by atomic mass is 9.87. The van der Waals surface area contributed by atoms with Crippen LogP contribution in [0.3, 0.4) is 0 Å². The second-order valence-corrected chi connectivity index (χ2v) is 8.97. The van der Waals surface area contributed by atoms with E-state index in [1.165, 1.54) is 11.0 Å². The number of alkyl halides is 3. The van der Waals surface area contributed by atoms with Gasteiger partial charge >= 0.3 is 6.18 Å². The van der Waals surface area contributed by atoms with Gasteiger partial charge in [-0.15, -0.1) is 0 Å². The first kappa shape index (κ1) is 24.1. The summed E-state index contributed by atoms with van der Waals surface area (Å²) in [6.07, 6.45) is -3.70. The number of hydrogen-bond acceptors (Lipinski definition) is 2. The van der Waals surface area contributed by atoms with Crippen molar-refractivity contribution < 1.29 is 22.8 Å². The first-order valence-electron chi connectivity index (χ1n) is 10.6. The van der Waals surface area contributed by atoms with Crippen LogP contribution >= 0.6 is 11.6 Å². The molecule has 1 aliphatic heterocycles. The number of nitrogens with one attached hydrogen (secondary N) is 1. The van der Waals surface area contributed by atoms with Crippen molar-refractivity contribution in [1.82, 2.24) is 10.2 Å². The number of carbonyl (C=O) groups is 2. The van der Waals surface area contributed by atoms with Gasteiger partial charge in [0.1, 0.15) is 0 Å². The molecule has 2 atom stereocenters. The van der Waals surface area contributed by atoms with Gasteiger partial charge in [-0.3, -0.25) is 9.59 Å². The Kier molecular flexibility index (Phi) is 7.49. The molecule has 0 spiro atoms. The maximum atomic E-state index is 13.3. The Hall–Kier alpha value is -2.54. The SMILES string of the molecule is CC(C)CCNC(=O)C1CN(C(=O)c2cccc(Cl)c2)CC1c1cccc(C(F)(F)F)c1. The smallest absolute Gasteiger partial charge is 0.356 e. The van der Waals surface area contributed by atoms with E-state index in [2.05, 4.69) is 5.32 Å². The number of benzene rings is 2. The molecule has 32 heavy (non-hydrogen) atoms. The van der Waals surface area contributed by atoms with E-state index in [1.807, 2.05) is 13.8 Å². The zero-order chi connectivity index (χ0) is 23.5. The number of rotatable bonds is 6. The highest BCUT2D eigenvalue weighted by Gasteiger charge is 2.41. The summed E-state index contributed by atoms with van der Waals surface area (Å²) in [7, 11) is 0. The van der Waals surface area contributed by atoms with Crippen LogP contribution in [0.15, 0.2) is 48.5 Å². The quantitative estimate of drug-likeness (QED) is 0.621. The second kappa shape index (κ2) is 9.94. The molecular weight excluding hydrogens is 441 g/mol. The first-order chi connectivity index (χ1) is 15.1. The van der Waals surface area contributed by atoms with E-state index in [-0.39, 0.29) is 24.9 Å². The zero-order valence-corrected chi connectivity index (χ0v) is 18.7. The summed E-state index contributed by atoms with van der Waals surface area (Å²) in [6, 6.07) is 11.5. The highest BCUT2D eigenvalue weighted by Crippen LogP contribution is 2.37. The van der Waals surface area contributed by atoms with Gasteiger partial charge < -0.3 is 10.2 Å². The molecule has 2 aromatic carbocycles. The average Bonchev–Trinajstić information content (AvgIpc) is 3.18. The lowest BCUT2D eigenvalue weighted by Crippen LogP contribution is -2.36. The maximum Gasteiger partial charge on any atom is 0.416 e. The first-order valence-corrected chi connectivity index (χ1v) is 10.9. The summed E-state index contributed by atoms with van der Waals surface area (Å²) >= 11 is 6.00. The third kappa shape index (κ3) is 5.82. The lowest BCUT2D eigenvalue weighted by Gasteiger charge is -2.19. The predicted octanol–water partition coefficient (Wildman–Crippen LogP) is 5.38. The molecule has 172 valence electrons. The fourth-order valence-corrected chi connectivity index (χ4v) is 4.13. The van der Waals surface area contributed by atoms with E-state index in [1.54, 1.807) is 30.3 Å². The Morgan fingerprint density at radius 2 is 1.84 bits per heavy atom. The van der Waals surface area contributed by atoms with Crippen LogP contribution in [0.4, 0.5) is 13.2 Å². The van der Waals surface area contributed by atoms with Gasteiger partial charge in [-0.1, -0.05) is 49.7 Å². The van der Waals surface area contributed by atoms with Gasteiger partial charge in [-0.05, 0) is 42.2 Å². The van der Waals surface area contributed by atoms with E-state index in [9.17, 15) is 22.8 Å². The second-order valence-electron chi connectivity index (χ2n) is 8.53. The van der Waals surface area contributed by atoms with Gasteiger partial charge in [0, 0.05) is 36.1 Å². The molecule has 0 aromatic heterocycles. The van der Waals surface area contributed by atoms with Crippen LogP contribution in [0.25, 0.3) is 0 Å². The third-order valence-electron chi connectivity index (χ3n) is 5.68. The standard InChI is InChI=1S/C24H26ClF3N2O2/c1-15(2)9-10-29-22(31)21-14-30(23(32)17-6-4-8-19(25)12-17)13-20(21)16-5-3-7-18(11-16)24(26,27)28/h3-8,11-12,15,20-21H,9-10,13-14H2,1-2H3,(H,29,31). The Labute approximate surface area is 190 Å². The summed E-state index contributed by atoms with van der Waals surface area (Å²) in [5.74, 6) is -1.34. The molecule has 1 fully saturated rings. The molecule has 0 saturated carbocycles. The van der Waals surface area contributed by atoms with Gasteiger partial charge in [-0.2, -0.15) is 13.2 Å². The molecule has 0 bridgehead atoms. The van der Waals surface area contributed by atoms with Crippen LogP contribution in [0.2, 0.25) is 5.02 Å². The normalized spacial score (nSPS) is 18.8. The van der Waals surface area contributed by atoms with Crippen molar-refractivity contribution in [3.63, 3.8) is 0 Å². The van der Waals surface area contributed by atoms with Gasteiger partial charge in [0.15, 0.2) is 0 Å². The van der Waals surface area contributed by atoms with Gasteiger partial charge in [0.05, 0.1) is 11.5 Å². The molecule has 2 aromatic rings. The van der Waals surface area contributed by atoms with Crippen molar-refractivity contribution in [1.29, 1.82) is 0 Å².